The van der Waals surface area contributed by atoms with Crippen LogP contribution in [0.1, 0.15) is 55.4 Å². The largest absolute Gasteiger partial charge is 0.458 e. The minimum atomic E-state index is -3.48. The van der Waals surface area contributed by atoms with Crippen molar-refractivity contribution in [3.8, 4) is 11.4 Å². The number of hydrogen-bond acceptors (Lipinski definition) is 6. The van der Waals surface area contributed by atoms with Crippen LogP contribution in [0.4, 0.5) is 0 Å². The van der Waals surface area contributed by atoms with Crippen molar-refractivity contribution < 1.29 is 23.5 Å². The molecule has 2 aromatic heterocycles. The summed E-state index contributed by atoms with van der Waals surface area (Å²) in [5, 5.41) is 1.02. The van der Waals surface area contributed by atoms with Crippen molar-refractivity contribution in [3.05, 3.63) is 62.9 Å². The van der Waals surface area contributed by atoms with Crippen molar-refractivity contribution >= 4 is 25.1 Å². The lowest BCUT2D eigenvalue weighted by Crippen LogP contribution is -2.45. The summed E-state index contributed by atoms with van der Waals surface area (Å²) in [7, 11) is -3.48. The van der Waals surface area contributed by atoms with Gasteiger partial charge in [-0.05, 0) is 49.1 Å². The third-order valence-electron chi connectivity index (χ3n) is 6.62. The number of ether oxygens (including phenoxy) is 1. The molecule has 0 saturated heterocycles. The first-order valence-electron chi connectivity index (χ1n) is 11.2. The van der Waals surface area contributed by atoms with Gasteiger partial charge in [0.05, 0.1) is 29.0 Å². The van der Waals surface area contributed by atoms with Gasteiger partial charge >= 0.3 is 14.2 Å². The number of aromatic nitrogens is 2. The Labute approximate surface area is 191 Å². The SMILES string of the molecule is CCCCc1ccc2nc3c(cc2c1)Cn1c-3cc2c(c1=O)COC(=O)[C@@]2(CC)O[PH](=O)O. The number of rotatable bonds is 6. The number of aryl methyl sites for hydroxylation is 1. The summed E-state index contributed by atoms with van der Waals surface area (Å²) in [4.78, 5) is 40.4. The predicted molar refractivity (Wildman–Crippen MR) is 123 cm³/mol. The van der Waals surface area contributed by atoms with Crippen molar-refractivity contribution in [2.75, 3.05) is 0 Å². The lowest BCUT2D eigenvalue weighted by Gasteiger charge is -2.34. The zero-order valence-electron chi connectivity index (χ0n) is 18.5. The summed E-state index contributed by atoms with van der Waals surface area (Å²) < 4.78 is 23.7. The smallest absolute Gasteiger partial charge is 0.344 e. The lowest BCUT2D eigenvalue weighted by atomic mass is 9.86. The number of carbonyl (C=O) groups is 1. The molecule has 0 aliphatic carbocycles. The number of hydrogen-bond donors (Lipinski definition) is 1. The van der Waals surface area contributed by atoms with Crippen LogP contribution in [0.3, 0.4) is 0 Å². The Bertz CT molecular complexity index is 1380. The van der Waals surface area contributed by atoms with Crippen LogP contribution < -0.4 is 5.56 Å². The Hall–Kier alpha value is -2.80. The molecule has 33 heavy (non-hydrogen) atoms. The molecule has 8 nitrogen and oxygen atoms in total. The van der Waals surface area contributed by atoms with Gasteiger partial charge in [-0.2, -0.15) is 0 Å². The molecule has 0 fully saturated rings. The second kappa shape index (κ2) is 8.20. The fourth-order valence-corrected chi connectivity index (χ4v) is 5.51. The number of unbranched alkanes of at least 4 members (excludes halogenated alkanes) is 1. The first kappa shape index (κ1) is 22.0. The molecule has 172 valence electrons. The zero-order chi connectivity index (χ0) is 23.3. The highest BCUT2D eigenvalue weighted by molar-refractivity contribution is 7.32. The molecule has 4 heterocycles. The molecule has 0 amide bonds. The average Bonchev–Trinajstić information content (AvgIpc) is 3.15. The van der Waals surface area contributed by atoms with E-state index in [1.165, 1.54) is 5.56 Å². The van der Waals surface area contributed by atoms with E-state index in [2.05, 4.69) is 25.1 Å². The summed E-state index contributed by atoms with van der Waals surface area (Å²) in [6.45, 7) is 3.99. The molecular formula is C24H25N2O6P. The monoisotopic (exact) mass is 468 g/mol. The molecule has 1 N–H and O–H groups in total. The van der Waals surface area contributed by atoms with Gasteiger partial charge in [0.1, 0.15) is 6.61 Å². The first-order chi connectivity index (χ1) is 15.9. The van der Waals surface area contributed by atoms with E-state index >= 15 is 0 Å². The third-order valence-corrected chi connectivity index (χ3v) is 7.14. The van der Waals surface area contributed by atoms with E-state index in [9.17, 15) is 19.0 Å². The quantitative estimate of drug-likeness (QED) is 0.338. The van der Waals surface area contributed by atoms with E-state index in [0.717, 1.165) is 35.7 Å². The highest BCUT2D eigenvalue weighted by Gasteiger charge is 2.49. The maximum Gasteiger partial charge on any atom is 0.344 e. The number of pyridine rings is 2. The fraction of sp³-hybridized carbons (Fsp3) is 0.375. The summed E-state index contributed by atoms with van der Waals surface area (Å²) in [5.74, 6) is -0.765. The van der Waals surface area contributed by atoms with Crippen molar-refractivity contribution in [3.63, 3.8) is 0 Å². The number of carbonyl (C=O) groups excluding carboxylic acids is 1. The van der Waals surface area contributed by atoms with Gasteiger partial charge in [0.15, 0.2) is 5.60 Å². The Balaban J connectivity index is 1.68. The van der Waals surface area contributed by atoms with E-state index in [1.54, 1.807) is 17.6 Å². The van der Waals surface area contributed by atoms with E-state index in [4.69, 9.17) is 14.2 Å². The Morgan fingerprint density at radius 3 is 2.79 bits per heavy atom. The predicted octanol–water partition coefficient (Wildman–Crippen LogP) is 3.83. The molecule has 1 aromatic carbocycles. The van der Waals surface area contributed by atoms with Gasteiger partial charge in [-0.15, -0.1) is 0 Å². The van der Waals surface area contributed by atoms with Crippen molar-refractivity contribution in [2.24, 2.45) is 0 Å². The molecule has 0 bridgehead atoms. The number of esters is 1. The molecule has 2 aliphatic heterocycles. The summed E-state index contributed by atoms with van der Waals surface area (Å²) in [5.41, 5.74) is 2.70. The highest BCUT2D eigenvalue weighted by atomic mass is 31.1. The molecular weight excluding hydrogens is 443 g/mol. The summed E-state index contributed by atoms with van der Waals surface area (Å²) in [6.07, 6.45) is 3.32. The molecule has 3 aromatic rings. The Morgan fingerprint density at radius 1 is 1.24 bits per heavy atom. The first-order valence-corrected chi connectivity index (χ1v) is 12.4. The third kappa shape index (κ3) is 3.44. The van der Waals surface area contributed by atoms with Crippen LogP contribution in [0.5, 0.6) is 0 Å². The second-order valence-corrected chi connectivity index (χ2v) is 9.30. The van der Waals surface area contributed by atoms with Crippen LogP contribution in [0.2, 0.25) is 0 Å². The number of fused-ring (bicyclic) bond motifs is 5. The second-order valence-electron chi connectivity index (χ2n) is 8.56. The van der Waals surface area contributed by atoms with Crippen LogP contribution in [-0.2, 0) is 43.8 Å². The zero-order valence-corrected chi connectivity index (χ0v) is 19.5. The standard InChI is InChI=1S/C24H25N2O6P/c1-3-5-6-14-7-8-19-15(9-14)10-16-12-26-20(21(16)25-19)11-18-17(22(26)27)13-31-23(28)24(18,4-2)32-33(29)30/h7-11,33H,3-6,12-13H2,1-2H3,(H,29,30)/t24-/m0/s1. The van der Waals surface area contributed by atoms with E-state index in [1.807, 2.05) is 6.07 Å². The molecule has 0 spiro atoms. The molecule has 5 rings (SSSR count). The summed E-state index contributed by atoms with van der Waals surface area (Å²) in [6, 6.07) is 9.99. The molecule has 9 heteroatoms. The fourth-order valence-electron chi connectivity index (χ4n) is 4.88. The van der Waals surface area contributed by atoms with Crippen LogP contribution in [0, 0.1) is 0 Å². The Kier molecular flexibility index (Phi) is 5.47. The number of cyclic esters (lactones) is 1. The number of nitrogens with zero attached hydrogens (tertiary/aromatic N) is 2. The minimum Gasteiger partial charge on any atom is -0.458 e. The Morgan fingerprint density at radius 2 is 2.06 bits per heavy atom. The van der Waals surface area contributed by atoms with Crippen LogP contribution >= 0.6 is 8.25 Å². The van der Waals surface area contributed by atoms with E-state index in [-0.39, 0.29) is 29.7 Å². The van der Waals surface area contributed by atoms with Gasteiger partial charge < -0.3 is 14.2 Å². The van der Waals surface area contributed by atoms with E-state index in [0.29, 0.717) is 17.9 Å². The van der Waals surface area contributed by atoms with Crippen molar-refractivity contribution in [1.82, 2.24) is 9.55 Å². The van der Waals surface area contributed by atoms with Crippen LogP contribution in [0.25, 0.3) is 22.3 Å². The lowest BCUT2D eigenvalue weighted by molar-refractivity contribution is -0.169. The van der Waals surface area contributed by atoms with Crippen molar-refractivity contribution in [1.29, 1.82) is 0 Å². The summed E-state index contributed by atoms with van der Waals surface area (Å²) >= 11 is 0. The van der Waals surface area contributed by atoms with Gasteiger partial charge in [-0.3, -0.25) is 13.9 Å². The molecule has 2 atom stereocenters. The highest BCUT2D eigenvalue weighted by Crippen LogP contribution is 2.44. The molecule has 0 radical (unpaired) electrons. The van der Waals surface area contributed by atoms with Gasteiger partial charge in [-0.25, -0.2) is 9.78 Å². The van der Waals surface area contributed by atoms with Crippen molar-refractivity contribution in [2.45, 2.75) is 58.3 Å². The van der Waals surface area contributed by atoms with Gasteiger partial charge in [0, 0.05) is 16.5 Å². The maximum absolute atomic E-state index is 13.4. The molecule has 0 saturated carbocycles. The minimum absolute atomic E-state index is 0.0528. The molecule has 1 unspecified atom stereocenters. The molecule has 2 aliphatic rings. The average molecular weight is 468 g/mol. The van der Waals surface area contributed by atoms with Gasteiger partial charge in [0.2, 0.25) is 0 Å². The van der Waals surface area contributed by atoms with E-state index < -0.39 is 19.8 Å². The van der Waals surface area contributed by atoms with Gasteiger partial charge in [-0.1, -0.05) is 26.3 Å². The van der Waals surface area contributed by atoms with Crippen LogP contribution in [-0.4, -0.2) is 20.4 Å². The van der Waals surface area contributed by atoms with Crippen LogP contribution in [0.15, 0.2) is 35.1 Å². The topological polar surface area (TPSA) is 108 Å². The number of benzene rings is 1. The normalized spacial score (nSPS) is 19.7. The van der Waals surface area contributed by atoms with Gasteiger partial charge in [0.25, 0.3) is 5.56 Å². The maximum atomic E-state index is 13.4.